The van der Waals surface area contributed by atoms with Crippen molar-refractivity contribution < 1.29 is 0 Å². The van der Waals surface area contributed by atoms with E-state index in [1.54, 1.807) is 0 Å². The van der Waals surface area contributed by atoms with Crippen LogP contribution in [0.4, 0.5) is 5.69 Å². The molecule has 136 valence electrons. The molecule has 0 spiro atoms. The monoisotopic (exact) mass is 444 g/mol. The second-order valence-electron chi connectivity index (χ2n) is 7.55. The Labute approximate surface area is 164 Å². The Morgan fingerprint density at radius 3 is 2.54 bits per heavy atom. The predicted octanol–water partition coefficient (Wildman–Crippen LogP) is 4.28. The number of anilines is 1. The van der Waals surface area contributed by atoms with Crippen LogP contribution in [0.5, 0.6) is 0 Å². The maximum absolute atomic E-state index is 6.12. The Hall–Kier alpha value is -0.820. The fourth-order valence-corrected chi connectivity index (χ4v) is 3.58. The van der Waals surface area contributed by atoms with Crippen LogP contribution in [0.2, 0.25) is 0 Å². The molecule has 5 heteroatoms. The third-order valence-electron chi connectivity index (χ3n) is 4.73. The van der Waals surface area contributed by atoms with Crippen LogP contribution in [0.15, 0.2) is 29.3 Å². The second-order valence-corrected chi connectivity index (χ2v) is 7.55. The van der Waals surface area contributed by atoms with Crippen molar-refractivity contribution in [3.63, 3.8) is 0 Å². The first kappa shape index (κ1) is 21.2. The molecule has 1 saturated carbocycles. The van der Waals surface area contributed by atoms with Crippen molar-refractivity contribution in [1.29, 1.82) is 0 Å². The summed E-state index contributed by atoms with van der Waals surface area (Å²) < 4.78 is 0. The zero-order valence-corrected chi connectivity index (χ0v) is 17.8. The van der Waals surface area contributed by atoms with Gasteiger partial charge in [-0.25, -0.2) is 0 Å². The molecular weight excluding hydrogens is 411 g/mol. The first-order valence-electron chi connectivity index (χ1n) is 8.72. The van der Waals surface area contributed by atoms with E-state index >= 15 is 0 Å². The van der Waals surface area contributed by atoms with Gasteiger partial charge in [0.25, 0.3) is 0 Å². The Morgan fingerprint density at radius 2 is 1.96 bits per heavy atom. The average molecular weight is 444 g/mol. The van der Waals surface area contributed by atoms with Crippen molar-refractivity contribution in [3.8, 4) is 0 Å². The first-order valence-corrected chi connectivity index (χ1v) is 8.72. The van der Waals surface area contributed by atoms with Crippen molar-refractivity contribution in [2.75, 3.05) is 32.5 Å². The summed E-state index contributed by atoms with van der Waals surface area (Å²) in [6.07, 6.45) is 5.13. The Bertz CT molecular complexity index is 534. The Balaban J connectivity index is 0.00000288. The standard InChI is InChI=1S/C19H32N4.HI/c1-15(2)16-8-7-9-17(12-16)22-18(20)21-13-19(14-23(3)4)10-5-6-11-19;/h7-9,12,15H,5-6,10-11,13-14H2,1-4H3,(H3,20,21,22);1H. The molecular formula is C19H33IN4. The highest BCUT2D eigenvalue weighted by atomic mass is 127. The van der Waals surface area contributed by atoms with Crippen molar-refractivity contribution in [2.24, 2.45) is 16.1 Å². The third kappa shape index (κ3) is 6.24. The molecule has 4 nitrogen and oxygen atoms in total. The topological polar surface area (TPSA) is 53.6 Å². The van der Waals surface area contributed by atoms with Gasteiger partial charge in [0.05, 0.1) is 0 Å². The van der Waals surface area contributed by atoms with Gasteiger partial charge in [0.1, 0.15) is 0 Å². The molecule has 2 rings (SSSR count). The fourth-order valence-electron chi connectivity index (χ4n) is 3.58. The maximum atomic E-state index is 6.12. The molecule has 0 amide bonds. The number of rotatable bonds is 6. The largest absolute Gasteiger partial charge is 0.370 e. The molecule has 0 atom stereocenters. The van der Waals surface area contributed by atoms with Gasteiger partial charge in [-0.05, 0) is 50.6 Å². The Morgan fingerprint density at radius 1 is 1.29 bits per heavy atom. The van der Waals surface area contributed by atoms with E-state index in [1.165, 1.54) is 31.2 Å². The molecule has 1 aromatic carbocycles. The van der Waals surface area contributed by atoms with Crippen LogP contribution < -0.4 is 11.1 Å². The normalized spacial score (nSPS) is 17.2. The van der Waals surface area contributed by atoms with E-state index in [9.17, 15) is 0 Å². The average Bonchev–Trinajstić information content (AvgIpc) is 2.93. The van der Waals surface area contributed by atoms with Crippen LogP contribution in [0, 0.1) is 5.41 Å². The number of hydrogen-bond acceptors (Lipinski definition) is 2. The molecule has 0 saturated heterocycles. The van der Waals surface area contributed by atoms with Gasteiger partial charge in [0.2, 0.25) is 0 Å². The lowest BCUT2D eigenvalue weighted by Gasteiger charge is -2.30. The minimum atomic E-state index is 0. The highest BCUT2D eigenvalue weighted by Crippen LogP contribution is 2.38. The van der Waals surface area contributed by atoms with Crippen molar-refractivity contribution in [2.45, 2.75) is 45.4 Å². The molecule has 3 N–H and O–H groups in total. The van der Waals surface area contributed by atoms with Gasteiger partial charge < -0.3 is 16.0 Å². The van der Waals surface area contributed by atoms with Crippen LogP contribution in [-0.4, -0.2) is 38.0 Å². The molecule has 1 aliphatic carbocycles. The quantitative estimate of drug-likeness (QED) is 0.391. The molecule has 1 aliphatic rings. The van der Waals surface area contributed by atoms with Gasteiger partial charge in [0, 0.05) is 24.2 Å². The van der Waals surface area contributed by atoms with Crippen LogP contribution in [0.25, 0.3) is 0 Å². The molecule has 24 heavy (non-hydrogen) atoms. The number of halogens is 1. The number of nitrogens with zero attached hydrogens (tertiary/aromatic N) is 2. The molecule has 1 fully saturated rings. The predicted molar refractivity (Wildman–Crippen MR) is 116 cm³/mol. The lowest BCUT2D eigenvalue weighted by atomic mass is 9.86. The number of nitrogens with one attached hydrogen (secondary N) is 1. The van der Waals surface area contributed by atoms with Gasteiger partial charge >= 0.3 is 0 Å². The van der Waals surface area contributed by atoms with E-state index in [0.29, 0.717) is 17.3 Å². The summed E-state index contributed by atoms with van der Waals surface area (Å²) in [5.74, 6) is 1.03. The highest BCUT2D eigenvalue weighted by Gasteiger charge is 2.34. The highest BCUT2D eigenvalue weighted by molar-refractivity contribution is 14.0. The second kappa shape index (κ2) is 9.61. The minimum Gasteiger partial charge on any atom is -0.370 e. The number of aliphatic imine (C=N–C) groups is 1. The third-order valence-corrected chi connectivity index (χ3v) is 4.73. The zero-order chi connectivity index (χ0) is 16.9. The lowest BCUT2D eigenvalue weighted by molar-refractivity contribution is 0.210. The summed E-state index contributed by atoms with van der Waals surface area (Å²) in [6, 6.07) is 8.40. The van der Waals surface area contributed by atoms with E-state index in [2.05, 4.69) is 61.4 Å². The molecule has 0 aromatic heterocycles. The van der Waals surface area contributed by atoms with E-state index in [1.807, 2.05) is 6.07 Å². The number of hydrogen-bond donors (Lipinski definition) is 2. The summed E-state index contributed by atoms with van der Waals surface area (Å²) in [4.78, 5) is 6.93. The van der Waals surface area contributed by atoms with Crippen LogP contribution in [0.3, 0.4) is 0 Å². The minimum absolute atomic E-state index is 0. The fraction of sp³-hybridized carbons (Fsp3) is 0.632. The van der Waals surface area contributed by atoms with E-state index in [4.69, 9.17) is 5.73 Å². The lowest BCUT2D eigenvalue weighted by Crippen LogP contribution is -2.35. The molecule has 0 bridgehead atoms. The van der Waals surface area contributed by atoms with Gasteiger partial charge in [-0.15, -0.1) is 24.0 Å². The summed E-state index contributed by atoms with van der Waals surface area (Å²) in [6.45, 7) is 6.30. The molecule has 1 aromatic rings. The van der Waals surface area contributed by atoms with Gasteiger partial charge in [0.15, 0.2) is 5.96 Å². The van der Waals surface area contributed by atoms with Crippen LogP contribution >= 0.6 is 24.0 Å². The van der Waals surface area contributed by atoms with Gasteiger partial charge in [-0.3, -0.25) is 4.99 Å². The molecule has 0 unspecified atom stereocenters. The molecule has 0 radical (unpaired) electrons. The van der Waals surface area contributed by atoms with E-state index < -0.39 is 0 Å². The molecule has 0 aliphatic heterocycles. The van der Waals surface area contributed by atoms with Gasteiger partial charge in [-0.2, -0.15) is 0 Å². The summed E-state index contributed by atoms with van der Waals surface area (Å²) >= 11 is 0. The summed E-state index contributed by atoms with van der Waals surface area (Å²) in [5, 5.41) is 3.25. The Kier molecular flexibility index (Phi) is 8.50. The number of guanidine groups is 1. The van der Waals surface area contributed by atoms with E-state index in [0.717, 1.165) is 18.8 Å². The molecule has 0 heterocycles. The number of nitrogens with two attached hydrogens (primary N) is 1. The van der Waals surface area contributed by atoms with Crippen LogP contribution in [-0.2, 0) is 0 Å². The maximum Gasteiger partial charge on any atom is 0.193 e. The summed E-state index contributed by atoms with van der Waals surface area (Å²) in [7, 11) is 4.28. The SMILES string of the molecule is CC(C)c1cccc(NC(N)=NCC2(CN(C)C)CCCC2)c1.I. The number of benzene rings is 1. The van der Waals surface area contributed by atoms with Crippen molar-refractivity contribution >= 4 is 35.6 Å². The van der Waals surface area contributed by atoms with Crippen LogP contribution in [0.1, 0.15) is 51.0 Å². The zero-order valence-electron chi connectivity index (χ0n) is 15.5. The van der Waals surface area contributed by atoms with E-state index in [-0.39, 0.29) is 24.0 Å². The van der Waals surface area contributed by atoms with Crippen molar-refractivity contribution in [1.82, 2.24) is 4.90 Å². The van der Waals surface area contributed by atoms with Gasteiger partial charge in [-0.1, -0.05) is 38.8 Å². The first-order chi connectivity index (χ1) is 10.9. The van der Waals surface area contributed by atoms with Crippen molar-refractivity contribution in [3.05, 3.63) is 29.8 Å². The smallest absolute Gasteiger partial charge is 0.193 e. The summed E-state index contributed by atoms with van der Waals surface area (Å²) in [5.41, 5.74) is 8.75.